The van der Waals surface area contributed by atoms with E-state index in [1.54, 1.807) is 9.80 Å². The van der Waals surface area contributed by atoms with Crippen LogP contribution in [0.2, 0.25) is 0 Å². The Bertz CT molecular complexity index is 2590. The van der Waals surface area contributed by atoms with Crippen LogP contribution in [0.15, 0.2) is 84.9 Å². The lowest BCUT2D eigenvalue weighted by Gasteiger charge is -2.30. The van der Waals surface area contributed by atoms with Crippen molar-refractivity contribution in [3.8, 4) is 22.3 Å². The summed E-state index contributed by atoms with van der Waals surface area (Å²) >= 11 is 0. The van der Waals surface area contributed by atoms with Gasteiger partial charge in [0, 0.05) is 24.5 Å². The second-order valence-corrected chi connectivity index (χ2v) is 19.7. The first-order valence-electron chi connectivity index (χ1n) is 24.0. The molecular formula is C54H64N6O8. The number of rotatable bonds is 12. The van der Waals surface area contributed by atoms with Gasteiger partial charge in [0.25, 0.3) is 0 Å². The number of amides is 6. The van der Waals surface area contributed by atoms with Gasteiger partial charge in [-0.15, -0.1) is 0 Å². The molecular weight excluding hydrogens is 861 g/mol. The standard InChI is InChI=1S/C54H64N6O8/c1-32(2)46(57-52(65)67-5)50(63)59-25-9-14-44(59)48(61)55-40-12-7-10-38(28-40)42-26-34-15-19-36(42)20-16-35-18-22-37(21-17-34)43(27-35)39-11-8-13-41(29-39)56-49(62)45-30-54(23-24-54)31-60(45)51(64)47(33(3)4)58-53(66)68-6/h7-8,10-13,15,18-19,22,26-29,32-33,44-47H,9,14,16-17,20-21,23-25,30-31H2,1-6H3,(H,55,61)(H,56,62)(H,57,65)(H,58,66)/t44-,45-,46-,47-/m0/s1. The fourth-order valence-corrected chi connectivity index (χ4v) is 10.2. The maximum absolute atomic E-state index is 14.1. The van der Waals surface area contributed by atoms with Crippen molar-refractivity contribution in [2.24, 2.45) is 17.3 Å². The lowest BCUT2D eigenvalue weighted by atomic mass is 9.87. The van der Waals surface area contributed by atoms with Crippen LogP contribution >= 0.6 is 0 Å². The number of anilines is 2. The molecule has 3 fully saturated rings. The lowest BCUT2D eigenvalue weighted by Crippen LogP contribution is -2.54. The summed E-state index contributed by atoms with van der Waals surface area (Å²) in [5.74, 6) is -1.46. The van der Waals surface area contributed by atoms with Crippen molar-refractivity contribution in [2.45, 2.75) is 110 Å². The number of hydrogen-bond acceptors (Lipinski definition) is 8. The molecule has 0 unspecified atom stereocenters. The van der Waals surface area contributed by atoms with Gasteiger partial charge in [-0.1, -0.05) is 88.4 Å². The highest BCUT2D eigenvalue weighted by atomic mass is 16.5. The van der Waals surface area contributed by atoms with Gasteiger partial charge in [0.1, 0.15) is 24.2 Å². The van der Waals surface area contributed by atoms with Gasteiger partial charge in [0.05, 0.1) is 14.2 Å². The molecule has 4 bridgehead atoms. The fourth-order valence-electron chi connectivity index (χ4n) is 10.2. The number of hydrogen-bond donors (Lipinski definition) is 4. The molecule has 2 heterocycles. The highest BCUT2D eigenvalue weighted by Crippen LogP contribution is 2.55. The number of nitrogens with zero attached hydrogens (tertiary/aromatic N) is 2. The maximum Gasteiger partial charge on any atom is 0.407 e. The van der Waals surface area contributed by atoms with Crippen molar-refractivity contribution in [1.29, 1.82) is 0 Å². The zero-order valence-corrected chi connectivity index (χ0v) is 40.0. The summed E-state index contributed by atoms with van der Waals surface area (Å²) in [7, 11) is 2.53. The minimum atomic E-state index is -0.812. The number of benzene rings is 4. The van der Waals surface area contributed by atoms with E-state index in [1.807, 2.05) is 64.1 Å². The number of nitrogens with one attached hydrogen (secondary N) is 4. The van der Waals surface area contributed by atoms with Crippen LogP contribution in [0.3, 0.4) is 0 Å². The third kappa shape index (κ3) is 10.5. The predicted molar refractivity (Wildman–Crippen MR) is 261 cm³/mol. The molecule has 358 valence electrons. The Balaban J connectivity index is 0.966. The van der Waals surface area contributed by atoms with Crippen molar-refractivity contribution in [1.82, 2.24) is 20.4 Å². The zero-order valence-electron chi connectivity index (χ0n) is 40.0. The molecule has 1 spiro atoms. The van der Waals surface area contributed by atoms with E-state index in [0.717, 1.165) is 60.8 Å². The average Bonchev–Trinajstić information content (AvgIpc) is 3.70. The molecule has 1 saturated carbocycles. The third-order valence-electron chi connectivity index (χ3n) is 14.3. The number of carbonyl (C=O) groups is 6. The molecule has 0 radical (unpaired) electrons. The van der Waals surface area contributed by atoms with Crippen LogP contribution in [0.5, 0.6) is 0 Å². The summed E-state index contributed by atoms with van der Waals surface area (Å²) in [6.45, 7) is 8.35. The smallest absolute Gasteiger partial charge is 0.407 e. The van der Waals surface area contributed by atoms with Crippen LogP contribution in [0.25, 0.3) is 22.3 Å². The van der Waals surface area contributed by atoms with Crippen LogP contribution < -0.4 is 21.3 Å². The zero-order chi connectivity index (χ0) is 48.3. The first kappa shape index (κ1) is 47.8. The molecule has 5 aliphatic carbocycles. The van der Waals surface area contributed by atoms with Gasteiger partial charge < -0.3 is 40.5 Å². The summed E-state index contributed by atoms with van der Waals surface area (Å²) in [4.78, 5) is 82.9. The minimum Gasteiger partial charge on any atom is -0.453 e. The second kappa shape index (κ2) is 20.3. The molecule has 4 atom stereocenters. The first-order valence-corrected chi connectivity index (χ1v) is 24.0. The van der Waals surface area contributed by atoms with Gasteiger partial charge in [-0.2, -0.15) is 0 Å². The van der Waals surface area contributed by atoms with E-state index in [2.05, 4.69) is 69.8 Å². The fraction of sp³-hybridized carbons (Fsp3) is 0.444. The minimum absolute atomic E-state index is 0.0553. The molecule has 4 aromatic carbocycles. The summed E-state index contributed by atoms with van der Waals surface area (Å²) < 4.78 is 9.56. The first-order chi connectivity index (χ1) is 32.6. The van der Waals surface area contributed by atoms with Crippen LogP contribution in [-0.2, 0) is 54.3 Å². The predicted octanol–water partition coefficient (Wildman–Crippen LogP) is 7.91. The highest BCUT2D eigenvalue weighted by molar-refractivity contribution is 6.00. The number of alkyl carbamates (subject to hydrolysis) is 2. The number of aryl methyl sites for hydroxylation is 4. The largest absolute Gasteiger partial charge is 0.453 e. The van der Waals surface area contributed by atoms with Crippen molar-refractivity contribution in [3.05, 3.63) is 107 Å². The monoisotopic (exact) mass is 924 g/mol. The average molecular weight is 925 g/mol. The summed E-state index contributed by atoms with van der Waals surface area (Å²) in [5, 5.41) is 11.6. The van der Waals surface area contributed by atoms with E-state index in [9.17, 15) is 28.8 Å². The van der Waals surface area contributed by atoms with E-state index in [0.29, 0.717) is 43.7 Å². The summed E-state index contributed by atoms with van der Waals surface area (Å²) in [6, 6.07) is 26.2. The van der Waals surface area contributed by atoms with Crippen LogP contribution in [-0.4, -0.2) is 97.1 Å². The van der Waals surface area contributed by atoms with Crippen LogP contribution in [0, 0.1) is 17.3 Å². The maximum atomic E-state index is 14.1. The Hall–Kier alpha value is -6.70. The molecule has 7 aliphatic rings. The van der Waals surface area contributed by atoms with Gasteiger partial charge in [-0.05, 0) is 144 Å². The topological polar surface area (TPSA) is 175 Å². The normalized spacial score (nSPS) is 18.9. The van der Waals surface area contributed by atoms with E-state index in [1.165, 1.54) is 36.5 Å². The van der Waals surface area contributed by atoms with Gasteiger partial charge in [0.2, 0.25) is 23.6 Å². The lowest BCUT2D eigenvalue weighted by molar-refractivity contribution is -0.139. The van der Waals surface area contributed by atoms with Crippen LogP contribution in [0.4, 0.5) is 21.0 Å². The van der Waals surface area contributed by atoms with Crippen molar-refractivity contribution in [3.63, 3.8) is 0 Å². The van der Waals surface area contributed by atoms with Gasteiger partial charge >= 0.3 is 12.2 Å². The van der Waals surface area contributed by atoms with E-state index >= 15 is 0 Å². The van der Waals surface area contributed by atoms with Gasteiger partial charge in [-0.25, -0.2) is 9.59 Å². The molecule has 68 heavy (non-hydrogen) atoms. The number of likely N-dealkylation sites (tertiary alicyclic amines) is 2. The third-order valence-corrected chi connectivity index (χ3v) is 14.3. The molecule has 11 rings (SSSR count). The Morgan fingerprint density at radius 3 is 1.56 bits per heavy atom. The van der Waals surface area contributed by atoms with Crippen molar-refractivity contribution >= 4 is 47.2 Å². The second-order valence-electron chi connectivity index (χ2n) is 19.7. The number of ether oxygens (including phenoxy) is 2. The number of carbonyl (C=O) groups excluding carboxylic acids is 6. The van der Waals surface area contributed by atoms with Crippen molar-refractivity contribution < 1.29 is 38.2 Å². The molecule has 2 aliphatic heterocycles. The molecule has 4 aromatic rings. The Morgan fingerprint density at radius 1 is 0.603 bits per heavy atom. The Kier molecular flexibility index (Phi) is 14.2. The van der Waals surface area contributed by atoms with Gasteiger partial charge in [-0.3, -0.25) is 19.2 Å². The summed E-state index contributed by atoms with van der Waals surface area (Å²) in [6.07, 6.45) is 5.50. The SMILES string of the molecule is COC(=O)N[C@H](C(=O)N1CCC[C@H]1C(=O)Nc1cccc(-c2cc3ccc2CCc2ccc(c(-c4cccc(NC(=O)[C@@H]5CC6(CC6)CN5C(=O)[C@@H](NC(=O)OC)C(C)C)c4)c2)CC3)c1)C(C)C. The van der Waals surface area contributed by atoms with Crippen molar-refractivity contribution in [2.75, 3.05) is 37.9 Å². The molecule has 6 amide bonds. The van der Waals surface area contributed by atoms with E-state index in [-0.39, 0.29) is 40.9 Å². The van der Waals surface area contributed by atoms with E-state index in [4.69, 9.17) is 9.47 Å². The highest BCUT2D eigenvalue weighted by Gasteiger charge is 2.56. The summed E-state index contributed by atoms with van der Waals surface area (Å²) in [5.41, 5.74) is 10.2. The Morgan fingerprint density at radius 2 is 1.09 bits per heavy atom. The number of methoxy groups -OCH3 is 2. The molecule has 0 aromatic heterocycles. The van der Waals surface area contributed by atoms with Crippen LogP contribution in [0.1, 0.15) is 82.1 Å². The molecule has 14 nitrogen and oxygen atoms in total. The van der Waals surface area contributed by atoms with Gasteiger partial charge in [0.15, 0.2) is 0 Å². The van der Waals surface area contributed by atoms with E-state index < -0.39 is 36.4 Å². The molecule has 4 N–H and O–H groups in total. The molecule has 2 saturated heterocycles. The Labute approximate surface area is 398 Å². The quantitative estimate of drug-likeness (QED) is 0.111. The molecule has 14 heteroatoms.